The summed E-state index contributed by atoms with van der Waals surface area (Å²) in [6.07, 6.45) is 0. The molecule has 0 saturated heterocycles. The summed E-state index contributed by atoms with van der Waals surface area (Å²) in [5, 5.41) is 12.7. The Kier molecular flexibility index (Phi) is 8.26. The number of hydrogen-bond acceptors (Lipinski definition) is 3. The van der Waals surface area contributed by atoms with Crippen LogP contribution in [0.4, 0.5) is 0 Å². The molecule has 3 aromatic heterocycles. The van der Waals surface area contributed by atoms with Crippen LogP contribution in [-0.2, 0) is 0 Å². The summed E-state index contributed by atoms with van der Waals surface area (Å²) in [6, 6.07) is 71.4. The minimum atomic E-state index is 0.618. The molecule has 13 rings (SSSR count). The van der Waals surface area contributed by atoms with Gasteiger partial charge in [0.1, 0.15) is 11.2 Å². The molecule has 0 radical (unpaired) electrons. The van der Waals surface area contributed by atoms with Crippen molar-refractivity contribution in [2.24, 2.45) is 0 Å². The fourth-order valence-electron chi connectivity index (χ4n) is 9.63. The fraction of sp³-hybridized carbons (Fsp3) is 0.0345. The average Bonchev–Trinajstić information content (AvgIpc) is 3.89. The molecule has 0 aliphatic heterocycles. The van der Waals surface area contributed by atoms with Gasteiger partial charge in [-0.3, -0.25) is 4.57 Å². The molecule has 10 aromatic carbocycles. The highest BCUT2D eigenvalue weighted by Gasteiger charge is 2.23. The van der Waals surface area contributed by atoms with Gasteiger partial charge >= 0.3 is 0 Å². The Balaban J connectivity index is 0.00000202. The van der Waals surface area contributed by atoms with E-state index in [9.17, 15) is 0 Å². The number of benzene rings is 10. The van der Waals surface area contributed by atoms with Crippen molar-refractivity contribution in [3.63, 3.8) is 0 Å². The minimum Gasteiger partial charge on any atom is -0.455 e. The average molecular weight is 794 g/mol. The van der Waals surface area contributed by atoms with Gasteiger partial charge in [0.25, 0.3) is 0 Å². The molecule has 0 atom stereocenters. The van der Waals surface area contributed by atoms with E-state index in [1.54, 1.807) is 0 Å². The Hall–Kier alpha value is -8.08. The zero-order chi connectivity index (χ0) is 41.3. The van der Waals surface area contributed by atoms with Crippen molar-refractivity contribution in [1.29, 1.82) is 0 Å². The third-order valence-corrected chi connectivity index (χ3v) is 12.4. The Morgan fingerprint density at radius 2 is 0.984 bits per heavy atom. The van der Waals surface area contributed by atoms with Crippen LogP contribution in [0, 0.1) is 0 Å². The summed E-state index contributed by atoms with van der Waals surface area (Å²) in [5.74, 6) is 0.618. The molecule has 13 aromatic rings. The number of furan rings is 1. The van der Waals surface area contributed by atoms with E-state index in [-0.39, 0.29) is 0 Å². The number of rotatable bonds is 4. The van der Waals surface area contributed by atoms with Crippen LogP contribution in [0.25, 0.3) is 126 Å². The molecule has 0 fully saturated rings. The van der Waals surface area contributed by atoms with Gasteiger partial charge in [-0.1, -0.05) is 190 Å². The molecule has 0 aliphatic carbocycles. The van der Waals surface area contributed by atoms with Gasteiger partial charge < -0.3 is 4.42 Å². The molecular formula is C58H39N3O. The van der Waals surface area contributed by atoms with Crippen LogP contribution in [0.2, 0.25) is 0 Å². The lowest BCUT2D eigenvalue weighted by Gasteiger charge is -2.14. The van der Waals surface area contributed by atoms with E-state index < -0.39 is 0 Å². The van der Waals surface area contributed by atoms with Crippen molar-refractivity contribution in [2.75, 3.05) is 0 Å². The number of aromatic nitrogens is 3. The summed E-state index contributed by atoms with van der Waals surface area (Å²) in [6.45, 7) is 4.00. The van der Waals surface area contributed by atoms with Gasteiger partial charge in [-0.05, 0) is 67.7 Å². The largest absolute Gasteiger partial charge is 0.455 e. The lowest BCUT2D eigenvalue weighted by atomic mass is 9.96. The third kappa shape index (κ3) is 5.47. The number of fused-ring (bicyclic) bond motifs is 11. The first-order valence-corrected chi connectivity index (χ1v) is 21.4. The molecule has 4 heteroatoms. The Bertz CT molecular complexity index is 3890. The molecule has 292 valence electrons. The van der Waals surface area contributed by atoms with Gasteiger partial charge in [-0.25, -0.2) is 9.97 Å². The van der Waals surface area contributed by atoms with E-state index in [4.69, 9.17) is 14.4 Å². The lowest BCUT2D eigenvalue weighted by molar-refractivity contribution is 0.670. The quantitative estimate of drug-likeness (QED) is 0.178. The molecule has 0 saturated carbocycles. The normalized spacial score (nSPS) is 11.7. The second-order valence-electron chi connectivity index (χ2n) is 15.7. The molecule has 3 heterocycles. The van der Waals surface area contributed by atoms with Crippen molar-refractivity contribution in [3.05, 3.63) is 200 Å². The second kappa shape index (κ2) is 14.3. The number of hydrogen-bond donors (Lipinski definition) is 0. The maximum Gasteiger partial charge on any atom is 0.235 e. The van der Waals surface area contributed by atoms with E-state index in [2.05, 4.69) is 205 Å². The van der Waals surface area contributed by atoms with E-state index >= 15 is 0 Å². The smallest absolute Gasteiger partial charge is 0.235 e. The zero-order valence-corrected chi connectivity index (χ0v) is 34.3. The topological polar surface area (TPSA) is 43.9 Å². The van der Waals surface area contributed by atoms with Crippen LogP contribution in [-0.4, -0.2) is 14.5 Å². The highest BCUT2D eigenvalue weighted by atomic mass is 16.3. The van der Waals surface area contributed by atoms with Crippen LogP contribution in [0.5, 0.6) is 0 Å². The second-order valence-corrected chi connectivity index (χ2v) is 15.7. The first-order chi connectivity index (χ1) is 30.7. The monoisotopic (exact) mass is 793 g/mol. The predicted octanol–water partition coefficient (Wildman–Crippen LogP) is 16.1. The van der Waals surface area contributed by atoms with Crippen molar-refractivity contribution < 1.29 is 4.42 Å². The Labute approximate surface area is 358 Å². The fourth-order valence-corrected chi connectivity index (χ4v) is 9.63. The van der Waals surface area contributed by atoms with E-state index in [1.165, 1.54) is 38.1 Å². The maximum absolute atomic E-state index is 6.84. The van der Waals surface area contributed by atoms with E-state index in [0.717, 1.165) is 82.4 Å². The standard InChI is InChI=1S/C56H33N3O.C2H6/c1-2-15-39-33-50-48(32-38(39)14-1)44-22-10-21-43(45-23-11-24-47-52-42-18-6-4-13-35(42)30-31-51(52)60-55(45)47)54(44)59(50)56-57-49-25-8-7-19-46(49)53(58-56)37-28-26-36(27-29-37)41-20-9-16-34-12-3-5-17-40(34)41;1-2/h1-33H;1-2H3. The van der Waals surface area contributed by atoms with Crippen LogP contribution >= 0.6 is 0 Å². The van der Waals surface area contributed by atoms with Gasteiger partial charge in [0.2, 0.25) is 5.95 Å². The van der Waals surface area contributed by atoms with Crippen molar-refractivity contribution >= 4 is 87.0 Å². The van der Waals surface area contributed by atoms with Gasteiger partial charge in [0.15, 0.2) is 0 Å². The first kappa shape index (κ1) is 35.8. The van der Waals surface area contributed by atoms with Gasteiger partial charge in [0.05, 0.1) is 22.2 Å². The van der Waals surface area contributed by atoms with Crippen molar-refractivity contribution in [3.8, 4) is 39.5 Å². The van der Waals surface area contributed by atoms with Crippen molar-refractivity contribution in [2.45, 2.75) is 13.8 Å². The summed E-state index contributed by atoms with van der Waals surface area (Å²) < 4.78 is 9.12. The number of para-hydroxylation sites is 3. The molecule has 0 aliphatic rings. The highest BCUT2D eigenvalue weighted by molar-refractivity contribution is 6.23. The third-order valence-electron chi connectivity index (χ3n) is 12.4. The van der Waals surface area contributed by atoms with Gasteiger partial charge in [0, 0.05) is 43.6 Å². The van der Waals surface area contributed by atoms with Crippen LogP contribution in [0.1, 0.15) is 13.8 Å². The molecule has 0 spiro atoms. The van der Waals surface area contributed by atoms with Gasteiger partial charge in [-0.15, -0.1) is 0 Å². The molecular weight excluding hydrogens is 755 g/mol. The van der Waals surface area contributed by atoms with Crippen LogP contribution in [0.15, 0.2) is 205 Å². The summed E-state index contributed by atoms with van der Waals surface area (Å²) >= 11 is 0. The first-order valence-electron chi connectivity index (χ1n) is 21.4. The summed E-state index contributed by atoms with van der Waals surface area (Å²) in [7, 11) is 0. The molecule has 62 heavy (non-hydrogen) atoms. The zero-order valence-electron chi connectivity index (χ0n) is 34.3. The minimum absolute atomic E-state index is 0.618. The highest BCUT2D eigenvalue weighted by Crippen LogP contribution is 2.44. The number of nitrogens with zero attached hydrogens (tertiary/aromatic N) is 3. The van der Waals surface area contributed by atoms with E-state index in [0.29, 0.717) is 5.95 Å². The van der Waals surface area contributed by atoms with Gasteiger partial charge in [-0.2, -0.15) is 0 Å². The van der Waals surface area contributed by atoms with E-state index in [1.807, 2.05) is 13.8 Å². The SMILES string of the molecule is CC.c1ccc2cc3c(cc2c1)c1cccc(-c2cccc4c2oc2ccc5ccccc5c24)c1n3-c1nc(-c2ccc(-c3cccc4ccccc34)cc2)c2ccccc2n1. The van der Waals surface area contributed by atoms with Crippen LogP contribution < -0.4 is 0 Å². The molecule has 0 amide bonds. The summed E-state index contributed by atoms with van der Waals surface area (Å²) in [4.78, 5) is 10.9. The Morgan fingerprint density at radius 1 is 0.403 bits per heavy atom. The predicted molar refractivity (Wildman–Crippen MR) is 261 cm³/mol. The van der Waals surface area contributed by atoms with Crippen molar-refractivity contribution in [1.82, 2.24) is 14.5 Å². The molecule has 0 bridgehead atoms. The van der Waals surface area contributed by atoms with Crippen LogP contribution in [0.3, 0.4) is 0 Å². The Morgan fingerprint density at radius 3 is 1.79 bits per heavy atom. The maximum atomic E-state index is 6.84. The lowest BCUT2D eigenvalue weighted by Crippen LogP contribution is -2.04. The molecule has 4 nitrogen and oxygen atoms in total. The summed E-state index contributed by atoms with van der Waals surface area (Å²) in [5.41, 5.74) is 11.1. The molecule has 0 N–H and O–H groups in total. The molecule has 0 unspecified atom stereocenters.